The van der Waals surface area contributed by atoms with Crippen molar-refractivity contribution in [3.8, 4) is 0 Å². The number of nitrogens with one attached hydrogen (secondary N) is 1. The van der Waals surface area contributed by atoms with Crippen LogP contribution in [0, 0.1) is 5.92 Å². The van der Waals surface area contributed by atoms with Crippen molar-refractivity contribution in [3.63, 3.8) is 0 Å². The normalized spacial score (nSPS) is 20.2. The number of benzene rings is 1. The van der Waals surface area contributed by atoms with Crippen LogP contribution in [-0.2, 0) is 9.63 Å². The van der Waals surface area contributed by atoms with Crippen LogP contribution in [0.5, 0.6) is 0 Å². The molecular weight excluding hydrogens is 220 g/mol. The summed E-state index contributed by atoms with van der Waals surface area (Å²) < 4.78 is 0. The van der Waals surface area contributed by atoms with Gasteiger partial charge in [0.15, 0.2) is 0 Å². The number of hydroxylamine groups is 1. The van der Waals surface area contributed by atoms with Crippen LogP contribution in [0.4, 0.5) is 10.5 Å². The lowest BCUT2D eigenvalue weighted by molar-refractivity contribution is -0.149. The van der Waals surface area contributed by atoms with Gasteiger partial charge in [-0.25, -0.2) is 9.59 Å². The lowest BCUT2D eigenvalue weighted by Gasteiger charge is -2.32. The molecule has 1 aromatic rings. The molecule has 5 heteroatoms. The first-order valence-electron chi connectivity index (χ1n) is 5.47. The summed E-state index contributed by atoms with van der Waals surface area (Å²) in [6.45, 7) is 3.70. The first-order valence-corrected chi connectivity index (χ1v) is 5.47. The second kappa shape index (κ2) is 4.45. The van der Waals surface area contributed by atoms with E-state index >= 15 is 0 Å². The second-order valence-electron chi connectivity index (χ2n) is 4.21. The number of rotatable bonds is 2. The Kier molecular flexibility index (Phi) is 2.99. The Morgan fingerprint density at radius 3 is 2.47 bits per heavy atom. The van der Waals surface area contributed by atoms with Crippen LogP contribution in [-0.4, -0.2) is 18.0 Å². The largest absolute Gasteiger partial charge is 0.356 e. The molecule has 17 heavy (non-hydrogen) atoms. The first kappa shape index (κ1) is 11.4. The number of hydrogen-bond acceptors (Lipinski definition) is 3. The zero-order valence-corrected chi connectivity index (χ0v) is 9.71. The molecule has 1 N–H and O–H groups in total. The molecular formula is C12H14N2O3. The van der Waals surface area contributed by atoms with Crippen LogP contribution in [0.1, 0.15) is 13.8 Å². The van der Waals surface area contributed by atoms with Crippen LogP contribution >= 0.6 is 0 Å². The smallest absolute Gasteiger partial charge is 0.329 e. The number of anilines is 1. The SMILES string of the molecule is CC(C)C1NC(=O)N(c2ccccc2)OC1=O. The molecule has 1 saturated heterocycles. The van der Waals surface area contributed by atoms with Gasteiger partial charge in [-0.3, -0.25) is 0 Å². The standard InChI is InChI=1S/C12H14N2O3/c1-8(2)10-11(15)17-14(12(16)13-10)9-6-4-3-5-7-9/h3-8,10H,1-2H3,(H,13,16). The molecule has 0 saturated carbocycles. The fourth-order valence-electron chi connectivity index (χ4n) is 1.61. The van der Waals surface area contributed by atoms with Gasteiger partial charge >= 0.3 is 12.0 Å². The van der Waals surface area contributed by atoms with E-state index in [-0.39, 0.29) is 5.92 Å². The fraction of sp³-hybridized carbons (Fsp3) is 0.333. The van der Waals surface area contributed by atoms with Crippen LogP contribution in [0.15, 0.2) is 30.3 Å². The number of amides is 2. The first-order chi connectivity index (χ1) is 8.09. The highest BCUT2D eigenvalue weighted by Gasteiger charge is 2.36. The summed E-state index contributed by atoms with van der Waals surface area (Å²) in [6.07, 6.45) is 0. The number of urea groups is 1. The highest BCUT2D eigenvalue weighted by atomic mass is 16.7. The molecule has 1 aromatic carbocycles. The number of hydrogen-bond donors (Lipinski definition) is 1. The van der Waals surface area contributed by atoms with Crippen LogP contribution in [0.3, 0.4) is 0 Å². The van der Waals surface area contributed by atoms with Crippen molar-refractivity contribution >= 4 is 17.7 Å². The average molecular weight is 234 g/mol. The van der Waals surface area contributed by atoms with Crippen LogP contribution in [0.25, 0.3) is 0 Å². The molecule has 90 valence electrons. The minimum absolute atomic E-state index is 0.00405. The molecule has 0 radical (unpaired) electrons. The van der Waals surface area contributed by atoms with Crippen molar-refractivity contribution in [1.29, 1.82) is 0 Å². The van der Waals surface area contributed by atoms with E-state index in [1.807, 2.05) is 19.9 Å². The Morgan fingerprint density at radius 1 is 1.24 bits per heavy atom. The predicted molar refractivity (Wildman–Crippen MR) is 62.2 cm³/mol. The Hall–Kier alpha value is -2.04. The average Bonchev–Trinajstić information content (AvgIpc) is 2.32. The minimum atomic E-state index is -0.581. The molecule has 1 fully saturated rings. The Labute approximate surface area is 99.3 Å². The van der Waals surface area contributed by atoms with Gasteiger partial charge < -0.3 is 10.2 Å². The molecule has 1 unspecified atom stereocenters. The van der Waals surface area contributed by atoms with Gasteiger partial charge in [-0.1, -0.05) is 32.0 Å². The van der Waals surface area contributed by atoms with E-state index in [4.69, 9.17) is 4.84 Å². The number of carbonyl (C=O) groups excluding carboxylic acids is 2. The minimum Gasteiger partial charge on any atom is -0.329 e. The topological polar surface area (TPSA) is 58.6 Å². The van der Waals surface area contributed by atoms with Gasteiger partial charge in [0.05, 0.1) is 5.69 Å². The fourth-order valence-corrected chi connectivity index (χ4v) is 1.61. The van der Waals surface area contributed by atoms with E-state index in [9.17, 15) is 9.59 Å². The molecule has 1 heterocycles. The number of carbonyl (C=O) groups is 2. The monoisotopic (exact) mass is 234 g/mol. The summed E-state index contributed by atoms with van der Waals surface area (Å²) in [4.78, 5) is 28.5. The third-order valence-corrected chi connectivity index (χ3v) is 2.56. The highest BCUT2D eigenvalue weighted by molar-refractivity contribution is 5.98. The molecule has 0 spiro atoms. The van der Waals surface area contributed by atoms with E-state index < -0.39 is 18.0 Å². The molecule has 0 bridgehead atoms. The van der Waals surface area contributed by atoms with Crippen molar-refractivity contribution in [2.24, 2.45) is 5.92 Å². The summed E-state index contributed by atoms with van der Waals surface area (Å²) in [5.41, 5.74) is 0.528. The van der Waals surface area contributed by atoms with Gasteiger partial charge in [0.2, 0.25) is 0 Å². The van der Waals surface area contributed by atoms with E-state index in [1.165, 1.54) is 0 Å². The maximum atomic E-state index is 11.8. The maximum absolute atomic E-state index is 11.8. The summed E-state index contributed by atoms with van der Waals surface area (Å²) in [5, 5.41) is 3.60. The summed E-state index contributed by atoms with van der Waals surface area (Å²) in [7, 11) is 0. The quantitative estimate of drug-likeness (QED) is 0.847. The maximum Gasteiger partial charge on any atom is 0.356 e. The number of para-hydroxylation sites is 1. The van der Waals surface area contributed by atoms with Crippen molar-refractivity contribution in [2.45, 2.75) is 19.9 Å². The Balaban J connectivity index is 2.19. The van der Waals surface area contributed by atoms with Crippen LogP contribution < -0.4 is 10.4 Å². The molecule has 0 aliphatic carbocycles. The van der Waals surface area contributed by atoms with E-state index in [1.54, 1.807) is 24.3 Å². The molecule has 0 aromatic heterocycles. The molecule has 5 nitrogen and oxygen atoms in total. The predicted octanol–water partition coefficient (Wildman–Crippen LogP) is 1.70. The lowest BCUT2D eigenvalue weighted by Crippen LogP contribution is -2.58. The molecule has 1 aliphatic heterocycles. The summed E-state index contributed by atoms with van der Waals surface area (Å²) in [6, 6.07) is 7.75. The highest BCUT2D eigenvalue weighted by Crippen LogP contribution is 2.19. The van der Waals surface area contributed by atoms with Gasteiger partial charge in [-0.05, 0) is 18.1 Å². The molecule has 2 amide bonds. The van der Waals surface area contributed by atoms with Gasteiger partial charge in [-0.2, -0.15) is 0 Å². The summed E-state index contributed by atoms with van der Waals surface area (Å²) in [5.74, 6) is -0.437. The van der Waals surface area contributed by atoms with E-state index in [0.717, 1.165) is 5.06 Å². The van der Waals surface area contributed by atoms with Gasteiger partial charge in [-0.15, -0.1) is 5.06 Å². The number of nitrogens with zero attached hydrogens (tertiary/aromatic N) is 1. The third-order valence-electron chi connectivity index (χ3n) is 2.56. The Bertz CT molecular complexity index is 431. The van der Waals surface area contributed by atoms with Gasteiger partial charge in [0.1, 0.15) is 6.04 Å². The zero-order valence-electron chi connectivity index (χ0n) is 9.71. The second-order valence-corrected chi connectivity index (χ2v) is 4.21. The van der Waals surface area contributed by atoms with Gasteiger partial charge in [0.25, 0.3) is 0 Å². The van der Waals surface area contributed by atoms with E-state index in [0.29, 0.717) is 5.69 Å². The molecule has 2 rings (SSSR count). The van der Waals surface area contributed by atoms with Gasteiger partial charge in [0, 0.05) is 0 Å². The van der Waals surface area contributed by atoms with Crippen molar-refractivity contribution in [3.05, 3.63) is 30.3 Å². The molecule has 1 aliphatic rings. The Morgan fingerprint density at radius 2 is 1.88 bits per heavy atom. The van der Waals surface area contributed by atoms with Crippen molar-refractivity contribution in [2.75, 3.05) is 5.06 Å². The summed E-state index contributed by atoms with van der Waals surface area (Å²) >= 11 is 0. The van der Waals surface area contributed by atoms with E-state index in [2.05, 4.69) is 5.32 Å². The van der Waals surface area contributed by atoms with Crippen LogP contribution in [0.2, 0.25) is 0 Å². The zero-order chi connectivity index (χ0) is 12.4. The van der Waals surface area contributed by atoms with Crippen molar-refractivity contribution in [1.82, 2.24) is 5.32 Å². The van der Waals surface area contributed by atoms with Crippen molar-refractivity contribution < 1.29 is 14.4 Å². The molecule has 1 atom stereocenters. The third kappa shape index (κ3) is 2.22. The lowest BCUT2D eigenvalue weighted by atomic mass is 10.0.